The number of hydrogen-bond acceptors (Lipinski definition) is 3. The lowest BCUT2D eigenvalue weighted by atomic mass is 9.94. The highest BCUT2D eigenvalue weighted by atomic mass is 32.1. The molecule has 0 radical (unpaired) electrons. The average Bonchev–Trinajstić information content (AvgIpc) is 3.22. The van der Waals surface area contributed by atoms with Gasteiger partial charge in [0.05, 0.1) is 6.42 Å². The van der Waals surface area contributed by atoms with E-state index in [-0.39, 0.29) is 31.4 Å². The van der Waals surface area contributed by atoms with Gasteiger partial charge in [-0.2, -0.15) is 0 Å². The summed E-state index contributed by atoms with van der Waals surface area (Å²) in [5.74, 6) is -6.48. The van der Waals surface area contributed by atoms with Crippen molar-refractivity contribution in [3.8, 4) is 0 Å². The smallest absolute Gasteiger partial charge is 0.228 e. The minimum Gasteiger partial charge on any atom is -0.340 e. The van der Waals surface area contributed by atoms with E-state index in [1.54, 1.807) is 9.47 Å². The Balaban J connectivity index is 1.58. The lowest BCUT2D eigenvalue weighted by Gasteiger charge is -2.32. The Morgan fingerprint density at radius 3 is 2.38 bits per heavy atom. The monoisotopic (exact) mass is 428 g/mol. The Kier molecular flexibility index (Phi) is 5.24. The zero-order valence-electron chi connectivity index (χ0n) is 15.8. The number of halogens is 4. The van der Waals surface area contributed by atoms with Crippen LogP contribution in [0.15, 0.2) is 6.07 Å². The Morgan fingerprint density at radius 2 is 1.76 bits per heavy atom. The fraction of sp³-hybridized carbons (Fsp3) is 0.474. The predicted octanol–water partition coefficient (Wildman–Crippen LogP) is 2.76. The first-order valence-corrected chi connectivity index (χ1v) is 9.76. The normalized spacial score (nSPS) is 19.6. The molecule has 3 heterocycles. The lowest BCUT2D eigenvalue weighted by Crippen LogP contribution is -2.47. The van der Waals surface area contributed by atoms with E-state index in [9.17, 15) is 22.4 Å². The molecule has 156 valence electrons. The molecule has 1 N–H and O–H groups in total. The highest BCUT2D eigenvalue weighted by Gasteiger charge is 2.34. The number of benzene rings is 1. The van der Waals surface area contributed by atoms with Gasteiger partial charge in [0.1, 0.15) is 0 Å². The minimum atomic E-state index is -1.42. The number of H-pyrrole nitrogens is 1. The molecule has 29 heavy (non-hydrogen) atoms. The first-order valence-electron chi connectivity index (χ1n) is 9.36. The zero-order valence-corrected chi connectivity index (χ0v) is 16.6. The third-order valence-electron chi connectivity index (χ3n) is 5.76. The molecular weight excluding hydrogens is 408 g/mol. The first kappa shape index (κ1) is 20.1. The van der Waals surface area contributed by atoms with Gasteiger partial charge in [0.2, 0.25) is 5.91 Å². The van der Waals surface area contributed by atoms with Crippen LogP contribution < -0.4 is 0 Å². The van der Waals surface area contributed by atoms with E-state index in [0.29, 0.717) is 29.2 Å². The van der Waals surface area contributed by atoms with E-state index in [0.717, 1.165) is 13.1 Å². The molecule has 1 unspecified atom stereocenters. The number of aromatic nitrogens is 2. The molecule has 2 aromatic rings. The summed E-state index contributed by atoms with van der Waals surface area (Å²) >= 11 is 5.28. The Labute approximate surface area is 169 Å². The topological polar surface area (TPSA) is 44.3 Å². The molecule has 0 spiro atoms. The Bertz CT molecular complexity index is 1000. The zero-order chi connectivity index (χ0) is 20.9. The maximum absolute atomic E-state index is 14.2. The molecular formula is C19H20F4N4OS. The van der Waals surface area contributed by atoms with Gasteiger partial charge in [-0.05, 0) is 25.7 Å². The van der Waals surface area contributed by atoms with Crippen LogP contribution in [0.1, 0.15) is 22.9 Å². The molecule has 10 heteroatoms. The van der Waals surface area contributed by atoms with Gasteiger partial charge >= 0.3 is 0 Å². The summed E-state index contributed by atoms with van der Waals surface area (Å²) in [5.41, 5.74) is 0.613. The molecule has 0 aliphatic carbocycles. The molecule has 2 aliphatic heterocycles. The Morgan fingerprint density at radius 1 is 1.14 bits per heavy atom. The van der Waals surface area contributed by atoms with Crippen molar-refractivity contribution in [2.24, 2.45) is 0 Å². The van der Waals surface area contributed by atoms with Gasteiger partial charge in [-0.15, -0.1) is 0 Å². The summed E-state index contributed by atoms with van der Waals surface area (Å²) in [6.07, 6.45) is 0.222. The van der Waals surface area contributed by atoms with Crippen molar-refractivity contribution in [3.63, 3.8) is 0 Å². The number of rotatable bonds is 3. The summed E-state index contributed by atoms with van der Waals surface area (Å²) in [6.45, 7) is 2.94. The number of aromatic amines is 1. The van der Waals surface area contributed by atoms with Crippen LogP contribution in [0.2, 0.25) is 0 Å². The van der Waals surface area contributed by atoms with Crippen LogP contribution in [0.3, 0.4) is 0 Å². The summed E-state index contributed by atoms with van der Waals surface area (Å²) in [5, 5.41) is 0. The number of fused-ring (bicyclic) bond motifs is 1. The van der Waals surface area contributed by atoms with Gasteiger partial charge in [-0.1, -0.05) is 0 Å². The van der Waals surface area contributed by atoms with Crippen molar-refractivity contribution < 1.29 is 22.4 Å². The number of carbonyl (C=O) groups excluding carboxylic acids is 1. The first-order chi connectivity index (χ1) is 13.8. The van der Waals surface area contributed by atoms with Gasteiger partial charge in [-0.3, -0.25) is 4.79 Å². The molecule has 1 saturated heterocycles. The second-order valence-electron chi connectivity index (χ2n) is 7.61. The highest BCUT2D eigenvalue weighted by molar-refractivity contribution is 7.71. The molecule has 2 aliphatic rings. The number of nitrogens with one attached hydrogen (secondary N) is 1. The van der Waals surface area contributed by atoms with Gasteiger partial charge in [-0.25, -0.2) is 17.6 Å². The summed E-state index contributed by atoms with van der Waals surface area (Å²) in [6, 6.07) is 0.204. The summed E-state index contributed by atoms with van der Waals surface area (Å²) in [7, 11) is 1.99. The van der Waals surface area contributed by atoms with Crippen molar-refractivity contribution in [2.75, 3.05) is 33.2 Å². The van der Waals surface area contributed by atoms with Gasteiger partial charge in [0.15, 0.2) is 28.0 Å². The van der Waals surface area contributed by atoms with Crippen LogP contribution in [0.5, 0.6) is 0 Å². The number of hydrogen-bond donors (Lipinski definition) is 1. The number of likely N-dealkylation sites (N-methyl/N-ethyl adjacent to an activating group) is 1. The molecule has 1 aromatic heterocycles. The number of imidazole rings is 1. The van der Waals surface area contributed by atoms with Gasteiger partial charge < -0.3 is 19.4 Å². The quantitative estimate of drug-likeness (QED) is 0.465. The molecule has 1 fully saturated rings. The SMILES string of the molecule is CN1CCN(C(=O)Cc2[nH]c(=S)n3c2CC(c2c(F)c(F)cc(F)c2F)C3)CC1. The second-order valence-corrected chi connectivity index (χ2v) is 8.00. The number of carbonyl (C=O) groups is 1. The number of amides is 1. The molecule has 5 nitrogen and oxygen atoms in total. The van der Waals surface area contributed by atoms with Crippen LogP contribution in [0.25, 0.3) is 0 Å². The van der Waals surface area contributed by atoms with Crippen molar-refractivity contribution in [3.05, 3.63) is 51.1 Å². The number of piperazine rings is 1. The minimum absolute atomic E-state index is 0.0599. The van der Waals surface area contributed by atoms with E-state index >= 15 is 0 Å². The second kappa shape index (κ2) is 7.56. The van der Waals surface area contributed by atoms with E-state index < -0.39 is 34.8 Å². The van der Waals surface area contributed by atoms with Crippen molar-refractivity contribution >= 4 is 18.1 Å². The maximum Gasteiger partial charge on any atom is 0.228 e. The third-order valence-corrected chi connectivity index (χ3v) is 6.08. The lowest BCUT2D eigenvalue weighted by molar-refractivity contribution is -0.132. The highest BCUT2D eigenvalue weighted by Crippen LogP contribution is 2.36. The summed E-state index contributed by atoms with van der Waals surface area (Å²) < 4.78 is 57.7. The third kappa shape index (κ3) is 3.59. The fourth-order valence-electron chi connectivity index (χ4n) is 4.11. The van der Waals surface area contributed by atoms with Crippen molar-refractivity contribution in [1.29, 1.82) is 0 Å². The van der Waals surface area contributed by atoms with Crippen LogP contribution >= 0.6 is 12.2 Å². The van der Waals surface area contributed by atoms with E-state index in [4.69, 9.17) is 12.2 Å². The molecule has 1 amide bonds. The predicted molar refractivity (Wildman–Crippen MR) is 100 cm³/mol. The average molecular weight is 428 g/mol. The van der Waals surface area contributed by atoms with E-state index in [1.165, 1.54) is 0 Å². The fourth-order valence-corrected chi connectivity index (χ4v) is 4.42. The summed E-state index contributed by atoms with van der Waals surface area (Å²) in [4.78, 5) is 19.6. The van der Waals surface area contributed by atoms with Crippen molar-refractivity contribution in [1.82, 2.24) is 19.4 Å². The largest absolute Gasteiger partial charge is 0.340 e. The maximum atomic E-state index is 14.2. The van der Waals surface area contributed by atoms with Gasteiger partial charge in [0, 0.05) is 61.7 Å². The van der Waals surface area contributed by atoms with Crippen molar-refractivity contribution in [2.45, 2.75) is 25.3 Å². The number of nitrogens with zero attached hydrogens (tertiary/aromatic N) is 3. The standard InChI is InChI=1S/C19H20F4N4OS/c1-25-2-4-26(5-3-25)15(28)8-13-14-6-10(9-27(14)19(29)24-13)16-17(22)11(20)7-12(21)18(16)23/h7,10H,2-6,8-9H2,1H3,(H,24,29). The molecule has 1 aromatic carbocycles. The molecule has 1 atom stereocenters. The van der Waals surface area contributed by atoms with Crippen LogP contribution in [-0.4, -0.2) is 58.5 Å². The van der Waals surface area contributed by atoms with Crippen LogP contribution in [0.4, 0.5) is 17.6 Å². The molecule has 0 bridgehead atoms. The molecule has 0 saturated carbocycles. The van der Waals surface area contributed by atoms with E-state index in [2.05, 4.69) is 9.88 Å². The van der Waals surface area contributed by atoms with Crippen LogP contribution in [0, 0.1) is 28.0 Å². The van der Waals surface area contributed by atoms with Crippen LogP contribution in [-0.2, 0) is 24.2 Å². The Hall–Kier alpha value is -2.20. The van der Waals surface area contributed by atoms with Gasteiger partial charge in [0.25, 0.3) is 0 Å². The van der Waals surface area contributed by atoms with E-state index in [1.807, 2.05) is 7.05 Å². The molecule has 4 rings (SSSR count).